The summed E-state index contributed by atoms with van der Waals surface area (Å²) in [7, 11) is 0. The Hall–Kier alpha value is -5.20. The van der Waals surface area contributed by atoms with Crippen LogP contribution in [0.5, 0.6) is 0 Å². The summed E-state index contributed by atoms with van der Waals surface area (Å²) in [5.74, 6) is 0. The summed E-state index contributed by atoms with van der Waals surface area (Å²) in [4.78, 5) is 0. The molecule has 0 radical (unpaired) electrons. The third-order valence-electron chi connectivity index (χ3n) is 6.39. The van der Waals surface area contributed by atoms with Gasteiger partial charge in [-0.05, 0) is 94.6 Å². The van der Waals surface area contributed by atoms with E-state index in [1.165, 1.54) is 0 Å². The molecule has 8 aromatic rings. The van der Waals surface area contributed by atoms with Gasteiger partial charge in [0.05, 0.1) is 34.3 Å². The minimum Gasteiger partial charge on any atom is -0.0622 e. The van der Waals surface area contributed by atoms with E-state index in [4.69, 9.17) is 24.7 Å². The standard InChI is InChI=1S/C40H26/c1-2-13-28(14-3-1)38-26-32(25-30-16-6-7-17-33(30)38)40-36-20-10-8-18-34(36)39(35-19-9-11-21-37(35)40)31-23-22-27-12-4-5-15-29(27)24-31/h1-26H/i1D,2D,3D,4D,5D,6D,7D,8D,9D,10D,11D,12D,13D,14D,15D,16D,17D,18D,19D,20D,22D,23D,24D,25D,26D. The van der Waals surface area contributed by atoms with Gasteiger partial charge >= 0.3 is 0 Å². The van der Waals surface area contributed by atoms with Crippen LogP contribution in [-0.2, 0) is 0 Å². The monoisotopic (exact) mass is 531 g/mol. The van der Waals surface area contributed by atoms with Crippen LogP contribution >= 0.6 is 0 Å². The lowest BCUT2D eigenvalue weighted by Gasteiger charge is -2.19. The van der Waals surface area contributed by atoms with E-state index in [2.05, 4.69) is 0 Å². The summed E-state index contributed by atoms with van der Waals surface area (Å²) in [6.45, 7) is 0. The third-order valence-corrected chi connectivity index (χ3v) is 6.39. The Morgan fingerprint density at radius 1 is 0.325 bits per heavy atom. The van der Waals surface area contributed by atoms with Crippen molar-refractivity contribution in [3.8, 4) is 33.4 Å². The summed E-state index contributed by atoms with van der Waals surface area (Å²) >= 11 is 0. The van der Waals surface area contributed by atoms with E-state index in [-0.39, 0.29) is 0 Å². The molecular formula is C40H26. The zero-order valence-corrected chi connectivity index (χ0v) is 20.1. The fourth-order valence-corrected chi connectivity index (χ4v) is 4.73. The van der Waals surface area contributed by atoms with Gasteiger partial charge in [-0.2, -0.15) is 0 Å². The predicted molar refractivity (Wildman–Crippen MR) is 173 cm³/mol. The summed E-state index contributed by atoms with van der Waals surface area (Å²) in [5.41, 5.74) is -4.12. The minimum absolute atomic E-state index is 0.474. The normalized spacial score (nSPS) is 20.2. The Kier molecular flexibility index (Phi) is 2.05. The second-order valence-corrected chi connectivity index (χ2v) is 8.58. The number of hydrogen-bond acceptors (Lipinski definition) is 0. The van der Waals surface area contributed by atoms with E-state index in [9.17, 15) is 9.60 Å². The number of hydrogen-bond donors (Lipinski definition) is 0. The van der Waals surface area contributed by atoms with Crippen molar-refractivity contribution < 1.29 is 34.3 Å². The van der Waals surface area contributed by atoms with Gasteiger partial charge in [-0.3, -0.25) is 0 Å². The number of rotatable bonds is 3. The summed E-state index contributed by atoms with van der Waals surface area (Å²) in [6.07, 6.45) is 0. The van der Waals surface area contributed by atoms with Crippen LogP contribution in [0.3, 0.4) is 0 Å². The molecule has 0 saturated carbocycles. The zero-order chi connectivity index (χ0) is 48.2. The Balaban J connectivity index is 1.78. The van der Waals surface area contributed by atoms with Crippen LogP contribution in [0, 0.1) is 0 Å². The molecule has 0 saturated heterocycles. The van der Waals surface area contributed by atoms with Crippen LogP contribution in [-0.4, -0.2) is 0 Å². The topological polar surface area (TPSA) is 0 Å². The molecule has 0 N–H and O–H groups in total. The van der Waals surface area contributed by atoms with Crippen molar-refractivity contribution in [1.82, 2.24) is 0 Å². The second kappa shape index (κ2) is 9.22. The van der Waals surface area contributed by atoms with Crippen molar-refractivity contribution in [3.63, 3.8) is 0 Å². The maximum atomic E-state index is 9.84. The fourth-order valence-electron chi connectivity index (χ4n) is 4.73. The second-order valence-electron chi connectivity index (χ2n) is 8.58. The van der Waals surface area contributed by atoms with Crippen molar-refractivity contribution in [2.45, 2.75) is 0 Å². The van der Waals surface area contributed by atoms with Gasteiger partial charge in [0.1, 0.15) is 0 Å². The first-order chi connectivity index (χ1) is 30.3. The molecule has 0 aromatic heterocycles. The molecule has 8 rings (SSSR count). The summed E-state index contributed by atoms with van der Waals surface area (Å²) in [5, 5.41) is -4.78. The highest BCUT2D eigenvalue weighted by molar-refractivity contribution is 6.22. The van der Waals surface area contributed by atoms with Crippen LogP contribution < -0.4 is 0 Å². The van der Waals surface area contributed by atoms with Gasteiger partial charge in [-0.15, -0.1) is 0 Å². The minimum atomic E-state index is -0.973. The van der Waals surface area contributed by atoms with Crippen molar-refractivity contribution in [2.24, 2.45) is 0 Å². The summed E-state index contributed by atoms with van der Waals surface area (Å²) < 4.78 is 222. The van der Waals surface area contributed by atoms with E-state index in [1.54, 1.807) is 0 Å². The van der Waals surface area contributed by atoms with Gasteiger partial charge in [-0.1, -0.05) is 139 Å². The molecule has 40 heavy (non-hydrogen) atoms. The molecule has 0 aliphatic rings. The van der Waals surface area contributed by atoms with Gasteiger partial charge in [0.25, 0.3) is 0 Å². The molecule has 0 unspecified atom stereocenters. The molecule has 0 heteroatoms. The Labute approximate surface area is 268 Å². The van der Waals surface area contributed by atoms with E-state index in [1.807, 2.05) is 0 Å². The highest BCUT2D eigenvalue weighted by Crippen LogP contribution is 2.45. The molecule has 0 fully saturated rings. The fraction of sp³-hybridized carbons (Fsp3) is 0. The molecule has 0 amide bonds. The Morgan fingerprint density at radius 3 is 1.65 bits per heavy atom. The van der Waals surface area contributed by atoms with Crippen LogP contribution in [0.2, 0.25) is 0 Å². The maximum Gasteiger partial charge on any atom is 0.0636 e. The smallest absolute Gasteiger partial charge is 0.0622 e. The zero-order valence-electron chi connectivity index (χ0n) is 45.1. The quantitative estimate of drug-likeness (QED) is 0.199. The van der Waals surface area contributed by atoms with Crippen LogP contribution in [0.1, 0.15) is 34.3 Å². The molecule has 0 spiro atoms. The van der Waals surface area contributed by atoms with Gasteiger partial charge < -0.3 is 0 Å². The lowest BCUT2D eigenvalue weighted by Crippen LogP contribution is -1.92. The van der Waals surface area contributed by atoms with Crippen LogP contribution in [0.25, 0.3) is 76.5 Å². The first-order valence-corrected chi connectivity index (χ1v) is 11.8. The van der Waals surface area contributed by atoms with E-state index < -0.39 is 228 Å². The largest absolute Gasteiger partial charge is 0.0636 e. The molecule has 0 atom stereocenters. The van der Waals surface area contributed by atoms with Crippen molar-refractivity contribution >= 4 is 43.1 Å². The van der Waals surface area contributed by atoms with E-state index in [0.29, 0.717) is 0 Å². The van der Waals surface area contributed by atoms with Gasteiger partial charge in [-0.25, -0.2) is 0 Å². The van der Waals surface area contributed by atoms with E-state index >= 15 is 0 Å². The SMILES string of the molecule is [2H]c1cc2c(-c3c([2H])c(-c4c([2H])c([2H])c([2H])c([2H])c4[2H])c4c([2H])c([2H])c([2H])c([2H])c4c3[2H])c3c([2H])c([2H])c([2H])c([2H])c3c(-c3c([2H])c([2H])c4c([2H])c([2H])c([2H])c([2H])c4c3[2H])c2c([2H])c1[2H]. The highest BCUT2D eigenvalue weighted by atomic mass is 14.2. The average Bonchev–Trinajstić information content (AvgIpc) is 3.26. The Morgan fingerprint density at radius 2 is 0.875 bits per heavy atom. The molecule has 186 valence electrons. The number of benzene rings is 8. The highest BCUT2D eigenvalue weighted by Gasteiger charge is 2.18. The molecule has 0 bridgehead atoms. The van der Waals surface area contributed by atoms with Crippen molar-refractivity contribution in [2.75, 3.05) is 0 Å². The maximum absolute atomic E-state index is 9.84. The predicted octanol–water partition coefficient (Wildman–Crippen LogP) is 11.3. The lowest BCUT2D eigenvalue weighted by atomic mass is 9.84. The van der Waals surface area contributed by atoms with Crippen LogP contribution in [0.4, 0.5) is 0 Å². The number of fused-ring (bicyclic) bond motifs is 4. The Bertz CT molecular complexity index is 3570. The third kappa shape index (κ3) is 3.61. The van der Waals surface area contributed by atoms with Gasteiger partial charge in [0.2, 0.25) is 0 Å². The molecule has 8 aromatic carbocycles. The first-order valence-electron chi connectivity index (χ1n) is 24.3. The molecule has 0 aliphatic heterocycles. The van der Waals surface area contributed by atoms with Gasteiger partial charge in [0, 0.05) is 0 Å². The summed E-state index contributed by atoms with van der Waals surface area (Å²) in [6, 6.07) is -21.1. The van der Waals surface area contributed by atoms with Gasteiger partial charge in [0.15, 0.2) is 0 Å². The molecule has 0 heterocycles. The lowest BCUT2D eigenvalue weighted by molar-refractivity contribution is 1.64. The first kappa shape index (κ1) is 8.91. The molecular weight excluding hydrogens is 480 g/mol. The van der Waals surface area contributed by atoms with Crippen LogP contribution in [0.15, 0.2) is 157 Å². The molecule has 0 aliphatic carbocycles. The van der Waals surface area contributed by atoms with Crippen molar-refractivity contribution in [3.05, 3.63) is 157 Å². The van der Waals surface area contributed by atoms with E-state index in [0.717, 1.165) is 6.07 Å². The average molecular weight is 532 g/mol. The van der Waals surface area contributed by atoms with Crippen molar-refractivity contribution in [1.29, 1.82) is 0 Å². The molecule has 0 nitrogen and oxygen atoms in total.